The topological polar surface area (TPSA) is 95.5 Å². The number of ether oxygens (including phenoxy) is 1. The van der Waals surface area contributed by atoms with Gasteiger partial charge in [-0.1, -0.05) is 0 Å². The van der Waals surface area contributed by atoms with Crippen molar-refractivity contribution in [1.82, 2.24) is 10.2 Å². The van der Waals surface area contributed by atoms with Crippen LogP contribution in [0.3, 0.4) is 0 Å². The van der Waals surface area contributed by atoms with E-state index in [9.17, 15) is 22.8 Å². The quantitative estimate of drug-likeness (QED) is 0.721. The van der Waals surface area contributed by atoms with E-state index in [4.69, 9.17) is 9.84 Å². The van der Waals surface area contributed by atoms with Crippen LogP contribution in [0, 0.1) is 0 Å². The predicted molar refractivity (Wildman–Crippen MR) is 66.2 cm³/mol. The number of aromatic nitrogens is 2. The zero-order valence-corrected chi connectivity index (χ0v) is 11.1. The Morgan fingerprint density at radius 3 is 2.71 bits per heavy atom. The second-order valence-electron chi connectivity index (χ2n) is 4.13. The van der Waals surface area contributed by atoms with E-state index >= 15 is 0 Å². The van der Waals surface area contributed by atoms with Gasteiger partial charge in [-0.05, 0) is 0 Å². The highest BCUT2D eigenvalue weighted by atomic mass is 19.4. The number of hydrogen-bond acceptors (Lipinski definition) is 5. The summed E-state index contributed by atoms with van der Waals surface area (Å²) < 4.78 is 43.5. The van der Waals surface area contributed by atoms with Crippen LogP contribution in [0.5, 0.6) is 0 Å². The van der Waals surface area contributed by atoms with Crippen molar-refractivity contribution in [2.24, 2.45) is 0 Å². The van der Waals surface area contributed by atoms with E-state index in [2.05, 4.69) is 5.10 Å². The van der Waals surface area contributed by atoms with Crippen LogP contribution in [0.4, 0.5) is 18.9 Å². The Hall–Kier alpha value is -2.10. The summed E-state index contributed by atoms with van der Waals surface area (Å²) in [4.78, 5) is 22.7. The molecule has 1 heterocycles. The Morgan fingerprint density at radius 1 is 1.48 bits per heavy atom. The number of nitrogens with one attached hydrogen (secondary N) is 1. The number of anilines is 1. The maximum Gasteiger partial charge on any atom is 0.423 e. The molecule has 0 fully saturated rings. The molecule has 0 bridgehead atoms. The number of nitrogens with zero attached hydrogens (tertiary/aromatic N) is 2. The number of hydrogen-bond donors (Lipinski definition) is 2. The van der Waals surface area contributed by atoms with Gasteiger partial charge in [-0.3, -0.25) is 9.59 Å². The highest BCUT2D eigenvalue weighted by Gasteiger charge is 2.38. The highest BCUT2D eigenvalue weighted by Crippen LogP contribution is 2.32. The van der Waals surface area contributed by atoms with Crippen molar-refractivity contribution in [3.8, 4) is 0 Å². The van der Waals surface area contributed by atoms with Crippen LogP contribution in [0.1, 0.15) is 12.0 Å². The first kappa shape index (κ1) is 17.0. The largest absolute Gasteiger partial charge is 0.481 e. The van der Waals surface area contributed by atoms with Crippen LogP contribution in [0.2, 0.25) is 0 Å². The fraction of sp³-hybridized carbons (Fsp3) is 0.545. The van der Waals surface area contributed by atoms with E-state index in [1.165, 1.54) is 11.9 Å². The van der Waals surface area contributed by atoms with Gasteiger partial charge in [-0.2, -0.15) is 18.3 Å². The molecule has 0 amide bonds. The number of aromatic amines is 1. The van der Waals surface area contributed by atoms with Crippen molar-refractivity contribution >= 4 is 11.7 Å². The smallest absolute Gasteiger partial charge is 0.423 e. The molecule has 1 aromatic rings. The van der Waals surface area contributed by atoms with Crippen LogP contribution >= 0.6 is 0 Å². The van der Waals surface area contributed by atoms with Crippen LogP contribution in [-0.4, -0.2) is 48.1 Å². The molecule has 0 atom stereocenters. The lowest BCUT2D eigenvalue weighted by molar-refractivity contribution is -0.139. The van der Waals surface area contributed by atoms with Gasteiger partial charge in [0.15, 0.2) is 0 Å². The minimum atomic E-state index is -4.80. The molecule has 0 unspecified atom stereocenters. The molecule has 118 valence electrons. The molecule has 0 aliphatic heterocycles. The van der Waals surface area contributed by atoms with Crippen LogP contribution < -0.4 is 10.5 Å². The molecule has 7 nitrogen and oxygen atoms in total. The summed E-state index contributed by atoms with van der Waals surface area (Å²) in [5.74, 6) is -1.03. The summed E-state index contributed by atoms with van der Waals surface area (Å²) in [6.07, 6.45) is -4.09. The molecule has 0 saturated heterocycles. The molecule has 21 heavy (non-hydrogen) atoms. The van der Waals surface area contributed by atoms with Gasteiger partial charge in [0, 0.05) is 13.6 Å². The maximum atomic E-state index is 12.8. The predicted octanol–water partition coefficient (Wildman–Crippen LogP) is 0.716. The van der Waals surface area contributed by atoms with Gasteiger partial charge in [-0.15, -0.1) is 0 Å². The van der Waals surface area contributed by atoms with Crippen molar-refractivity contribution in [3.63, 3.8) is 0 Å². The molecular formula is C11H14F3N3O4. The van der Waals surface area contributed by atoms with Gasteiger partial charge in [0.1, 0.15) is 5.56 Å². The summed E-state index contributed by atoms with van der Waals surface area (Å²) in [5.41, 5.74) is -3.02. The number of carboxylic acids is 1. The summed E-state index contributed by atoms with van der Waals surface area (Å²) in [6.45, 7) is 0.0324. The molecule has 1 aromatic heterocycles. The standard InChI is InChI=1S/C11H14F3N3O4/c1-17(3-5-21-4-2-8(18)19)7-6-15-16-10(20)9(7)11(12,13)14/h6H,2-5H2,1H3,(H,16,20)(H,18,19). The molecule has 10 heteroatoms. The summed E-state index contributed by atoms with van der Waals surface area (Å²) in [5, 5.41) is 13.5. The fourth-order valence-corrected chi connectivity index (χ4v) is 1.54. The van der Waals surface area contributed by atoms with Gasteiger partial charge in [0.05, 0.1) is 31.5 Å². The number of aliphatic carboxylic acids is 1. The molecular weight excluding hydrogens is 295 g/mol. The van der Waals surface area contributed by atoms with Crippen molar-refractivity contribution in [2.45, 2.75) is 12.6 Å². The summed E-state index contributed by atoms with van der Waals surface area (Å²) in [6, 6.07) is 0. The molecule has 0 spiro atoms. The number of H-pyrrole nitrogens is 1. The SMILES string of the molecule is CN(CCOCCC(=O)O)c1cn[nH]c(=O)c1C(F)(F)F. The third-order valence-electron chi connectivity index (χ3n) is 2.56. The average molecular weight is 309 g/mol. The van der Waals surface area contributed by atoms with Crippen LogP contribution in [0.25, 0.3) is 0 Å². The Kier molecular flexibility index (Phi) is 5.70. The number of halogens is 3. The van der Waals surface area contributed by atoms with E-state index in [0.717, 1.165) is 6.20 Å². The summed E-state index contributed by atoms with van der Waals surface area (Å²) in [7, 11) is 1.35. The van der Waals surface area contributed by atoms with Gasteiger partial charge < -0.3 is 14.7 Å². The van der Waals surface area contributed by atoms with E-state index in [-0.39, 0.29) is 31.9 Å². The minimum absolute atomic E-state index is 0.0217. The fourth-order valence-electron chi connectivity index (χ4n) is 1.54. The average Bonchev–Trinajstić information content (AvgIpc) is 2.35. The molecule has 0 aliphatic carbocycles. The number of carboxylic acid groups (broad SMARTS) is 1. The maximum absolute atomic E-state index is 12.8. The van der Waals surface area contributed by atoms with Crippen molar-refractivity contribution < 1.29 is 27.8 Å². The second kappa shape index (κ2) is 7.07. The molecule has 0 aromatic carbocycles. The van der Waals surface area contributed by atoms with Crippen LogP contribution in [-0.2, 0) is 15.7 Å². The third-order valence-corrected chi connectivity index (χ3v) is 2.56. The number of likely N-dealkylation sites (N-methyl/N-ethyl adjacent to an activating group) is 1. The van der Waals surface area contributed by atoms with Gasteiger partial charge >= 0.3 is 12.1 Å². The lowest BCUT2D eigenvalue weighted by Crippen LogP contribution is -2.31. The highest BCUT2D eigenvalue weighted by molar-refractivity contribution is 5.66. The lowest BCUT2D eigenvalue weighted by atomic mass is 10.2. The molecule has 0 saturated carbocycles. The zero-order chi connectivity index (χ0) is 16.0. The van der Waals surface area contributed by atoms with Gasteiger partial charge in [-0.25, -0.2) is 5.10 Å². The van der Waals surface area contributed by atoms with Crippen molar-refractivity contribution in [1.29, 1.82) is 0 Å². The van der Waals surface area contributed by atoms with Crippen molar-refractivity contribution in [3.05, 3.63) is 22.1 Å². The number of carbonyl (C=O) groups is 1. The monoisotopic (exact) mass is 309 g/mol. The Labute approximate surface area is 117 Å². The Morgan fingerprint density at radius 2 is 2.14 bits per heavy atom. The van der Waals surface area contributed by atoms with E-state index in [0.29, 0.717) is 0 Å². The third kappa shape index (κ3) is 5.06. The van der Waals surface area contributed by atoms with E-state index < -0.39 is 23.3 Å². The molecule has 0 radical (unpaired) electrons. The molecule has 2 N–H and O–H groups in total. The zero-order valence-electron chi connectivity index (χ0n) is 11.1. The second-order valence-corrected chi connectivity index (χ2v) is 4.13. The van der Waals surface area contributed by atoms with Crippen LogP contribution in [0.15, 0.2) is 11.0 Å². The number of alkyl halides is 3. The molecule has 0 aliphatic rings. The molecule has 1 rings (SSSR count). The van der Waals surface area contributed by atoms with E-state index in [1.54, 1.807) is 5.10 Å². The lowest BCUT2D eigenvalue weighted by Gasteiger charge is -2.22. The van der Waals surface area contributed by atoms with Gasteiger partial charge in [0.2, 0.25) is 0 Å². The normalized spacial score (nSPS) is 11.4. The first-order valence-electron chi connectivity index (χ1n) is 5.89. The number of rotatable bonds is 7. The van der Waals surface area contributed by atoms with Crippen molar-refractivity contribution in [2.75, 3.05) is 31.7 Å². The van der Waals surface area contributed by atoms with Gasteiger partial charge in [0.25, 0.3) is 5.56 Å². The Balaban J connectivity index is 2.71. The Bertz CT molecular complexity index is 544. The first-order valence-corrected chi connectivity index (χ1v) is 5.89. The first-order chi connectivity index (χ1) is 9.73. The van der Waals surface area contributed by atoms with E-state index in [1.807, 2.05) is 0 Å². The summed E-state index contributed by atoms with van der Waals surface area (Å²) >= 11 is 0. The minimum Gasteiger partial charge on any atom is -0.481 e.